The number of nitrogens with zero attached hydrogens (tertiary/aromatic N) is 1. The SMILES string of the molecule is Cc1cccc(C)c1NC(=S)NN(C)C(=O)OC(C)(C)C. The summed E-state index contributed by atoms with van der Waals surface area (Å²) in [4.78, 5) is 11.8. The van der Waals surface area contributed by atoms with Crippen LogP contribution in [0.1, 0.15) is 31.9 Å². The van der Waals surface area contributed by atoms with Crippen molar-refractivity contribution in [2.75, 3.05) is 12.4 Å². The van der Waals surface area contributed by atoms with Gasteiger partial charge in [-0.1, -0.05) is 18.2 Å². The van der Waals surface area contributed by atoms with Crippen LogP contribution in [0.4, 0.5) is 10.5 Å². The van der Waals surface area contributed by atoms with E-state index >= 15 is 0 Å². The fourth-order valence-corrected chi connectivity index (χ4v) is 1.92. The quantitative estimate of drug-likeness (QED) is 0.615. The Morgan fingerprint density at radius 3 is 2.24 bits per heavy atom. The molecule has 1 amide bonds. The normalized spacial score (nSPS) is 10.8. The monoisotopic (exact) mass is 309 g/mol. The van der Waals surface area contributed by atoms with E-state index < -0.39 is 11.7 Å². The number of hydrazine groups is 1. The van der Waals surface area contributed by atoms with Crippen molar-refractivity contribution in [2.24, 2.45) is 0 Å². The molecule has 0 radical (unpaired) electrons. The predicted octanol–water partition coefficient (Wildman–Crippen LogP) is 3.37. The van der Waals surface area contributed by atoms with Crippen LogP contribution in [0.15, 0.2) is 18.2 Å². The van der Waals surface area contributed by atoms with Gasteiger partial charge in [0.2, 0.25) is 0 Å². The largest absolute Gasteiger partial charge is 0.442 e. The van der Waals surface area contributed by atoms with Crippen molar-refractivity contribution < 1.29 is 9.53 Å². The summed E-state index contributed by atoms with van der Waals surface area (Å²) in [7, 11) is 1.56. The molecule has 2 N–H and O–H groups in total. The average molecular weight is 309 g/mol. The van der Waals surface area contributed by atoms with E-state index in [-0.39, 0.29) is 0 Å². The van der Waals surface area contributed by atoms with E-state index in [1.165, 1.54) is 5.01 Å². The molecule has 0 aliphatic heterocycles. The molecule has 0 bridgehead atoms. The topological polar surface area (TPSA) is 53.6 Å². The molecule has 1 rings (SSSR count). The lowest BCUT2D eigenvalue weighted by Crippen LogP contribution is -2.47. The fraction of sp³-hybridized carbons (Fsp3) is 0.467. The number of para-hydroxylation sites is 1. The van der Waals surface area contributed by atoms with Crippen LogP contribution >= 0.6 is 12.2 Å². The zero-order valence-electron chi connectivity index (χ0n) is 13.4. The second-order valence-corrected chi connectivity index (χ2v) is 6.28. The maximum absolute atomic E-state index is 11.8. The molecule has 0 aliphatic carbocycles. The Morgan fingerprint density at radius 1 is 1.24 bits per heavy atom. The van der Waals surface area contributed by atoms with Crippen LogP contribution in [0.25, 0.3) is 0 Å². The molecular weight excluding hydrogens is 286 g/mol. The smallest absolute Gasteiger partial charge is 0.428 e. The molecule has 0 fully saturated rings. The Balaban J connectivity index is 2.64. The number of aryl methyl sites for hydroxylation is 2. The third-order valence-corrected chi connectivity index (χ3v) is 2.85. The highest BCUT2D eigenvalue weighted by molar-refractivity contribution is 7.80. The van der Waals surface area contributed by atoms with Crippen molar-refractivity contribution in [3.05, 3.63) is 29.3 Å². The number of amides is 1. The van der Waals surface area contributed by atoms with Gasteiger partial charge in [0.05, 0.1) is 0 Å². The van der Waals surface area contributed by atoms with Crippen LogP contribution in [0.5, 0.6) is 0 Å². The lowest BCUT2D eigenvalue weighted by atomic mass is 10.1. The highest BCUT2D eigenvalue weighted by Gasteiger charge is 2.20. The molecule has 21 heavy (non-hydrogen) atoms. The van der Waals surface area contributed by atoms with E-state index in [1.54, 1.807) is 7.05 Å². The molecule has 0 saturated carbocycles. The molecule has 1 aromatic carbocycles. The molecule has 6 heteroatoms. The van der Waals surface area contributed by atoms with Crippen molar-refractivity contribution in [3.63, 3.8) is 0 Å². The fourth-order valence-electron chi connectivity index (χ4n) is 1.68. The number of nitrogens with one attached hydrogen (secondary N) is 2. The molecular formula is C15H23N3O2S. The molecule has 0 saturated heterocycles. The predicted molar refractivity (Wildman–Crippen MR) is 89.3 cm³/mol. The van der Waals surface area contributed by atoms with Gasteiger partial charge in [-0.2, -0.15) is 0 Å². The second kappa shape index (κ2) is 6.76. The lowest BCUT2D eigenvalue weighted by molar-refractivity contribution is 0.0252. The summed E-state index contributed by atoms with van der Waals surface area (Å²) in [6.07, 6.45) is -0.492. The van der Waals surface area contributed by atoms with E-state index in [4.69, 9.17) is 17.0 Å². The summed E-state index contributed by atoms with van der Waals surface area (Å²) in [5.74, 6) is 0. The number of carbonyl (C=O) groups excluding carboxylic acids is 1. The van der Waals surface area contributed by atoms with E-state index in [1.807, 2.05) is 52.8 Å². The minimum Gasteiger partial charge on any atom is -0.442 e. The Hall–Kier alpha value is -1.82. The van der Waals surface area contributed by atoms with Crippen LogP contribution in [0, 0.1) is 13.8 Å². The first-order valence-electron chi connectivity index (χ1n) is 6.70. The van der Waals surface area contributed by atoms with E-state index in [9.17, 15) is 4.79 Å². The van der Waals surface area contributed by atoms with Gasteiger partial charge in [0.25, 0.3) is 0 Å². The van der Waals surface area contributed by atoms with Gasteiger partial charge in [-0.15, -0.1) is 0 Å². The van der Waals surface area contributed by atoms with Crippen molar-refractivity contribution in [2.45, 2.75) is 40.2 Å². The number of ether oxygens (including phenoxy) is 1. The molecule has 0 atom stereocenters. The Labute approximate surface area is 131 Å². The van der Waals surface area contributed by atoms with Gasteiger partial charge < -0.3 is 10.1 Å². The maximum Gasteiger partial charge on any atom is 0.428 e. The number of anilines is 1. The van der Waals surface area contributed by atoms with Crippen molar-refractivity contribution in [3.8, 4) is 0 Å². The number of thiocarbonyl (C=S) groups is 1. The summed E-state index contributed by atoms with van der Waals surface area (Å²) in [6, 6.07) is 5.98. The molecule has 116 valence electrons. The summed E-state index contributed by atoms with van der Waals surface area (Å²) >= 11 is 5.22. The first kappa shape index (κ1) is 17.2. The molecule has 0 aromatic heterocycles. The third-order valence-electron chi connectivity index (χ3n) is 2.66. The van der Waals surface area contributed by atoms with Crippen LogP contribution in [0.2, 0.25) is 0 Å². The van der Waals surface area contributed by atoms with Gasteiger partial charge in [-0.25, -0.2) is 9.80 Å². The molecule has 0 aliphatic rings. The summed E-state index contributed by atoms with van der Waals surface area (Å²) < 4.78 is 5.24. The average Bonchev–Trinajstić information content (AvgIpc) is 2.31. The first-order chi connectivity index (χ1) is 9.60. The Bertz CT molecular complexity index is 518. The Morgan fingerprint density at radius 2 is 1.76 bits per heavy atom. The molecule has 0 heterocycles. The number of rotatable bonds is 1. The highest BCUT2D eigenvalue weighted by Crippen LogP contribution is 2.19. The molecule has 0 unspecified atom stereocenters. The molecule has 1 aromatic rings. The lowest BCUT2D eigenvalue weighted by Gasteiger charge is -2.26. The zero-order valence-corrected chi connectivity index (χ0v) is 14.2. The zero-order chi connectivity index (χ0) is 16.2. The number of benzene rings is 1. The van der Waals surface area contributed by atoms with Crippen LogP contribution in [-0.4, -0.2) is 28.9 Å². The minimum atomic E-state index is -0.547. The van der Waals surface area contributed by atoms with Crippen molar-refractivity contribution >= 4 is 29.1 Å². The maximum atomic E-state index is 11.8. The van der Waals surface area contributed by atoms with Crippen LogP contribution in [-0.2, 0) is 4.74 Å². The molecule has 0 spiro atoms. The van der Waals surface area contributed by atoms with Gasteiger partial charge >= 0.3 is 6.09 Å². The first-order valence-corrected chi connectivity index (χ1v) is 7.11. The van der Waals surface area contributed by atoms with E-state index in [0.29, 0.717) is 5.11 Å². The summed E-state index contributed by atoms with van der Waals surface area (Å²) in [5.41, 5.74) is 5.34. The minimum absolute atomic E-state index is 0.334. The number of carbonyl (C=O) groups is 1. The van der Waals surface area contributed by atoms with Crippen LogP contribution < -0.4 is 10.7 Å². The van der Waals surface area contributed by atoms with Gasteiger partial charge in [0.15, 0.2) is 5.11 Å². The van der Waals surface area contributed by atoms with Crippen LogP contribution in [0.3, 0.4) is 0 Å². The third kappa shape index (κ3) is 5.59. The number of hydrogen-bond acceptors (Lipinski definition) is 3. The van der Waals surface area contributed by atoms with E-state index in [0.717, 1.165) is 16.8 Å². The summed E-state index contributed by atoms with van der Waals surface area (Å²) in [6.45, 7) is 9.43. The van der Waals surface area contributed by atoms with Gasteiger partial charge in [0, 0.05) is 12.7 Å². The van der Waals surface area contributed by atoms with Gasteiger partial charge in [-0.3, -0.25) is 5.43 Å². The van der Waals surface area contributed by atoms with E-state index in [2.05, 4.69) is 10.7 Å². The second-order valence-electron chi connectivity index (χ2n) is 5.87. The molecule has 5 nitrogen and oxygen atoms in total. The number of hydrogen-bond donors (Lipinski definition) is 2. The Kier molecular flexibility index (Phi) is 5.54. The van der Waals surface area contributed by atoms with Crippen molar-refractivity contribution in [1.29, 1.82) is 0 Å². The highest BCUT2D eigenvalue weighted by atomic mass is 32.1. The summed E-state index contributed by atoms with van der Waals surface area (Å²) in [5, 5.41) is 4.65. The van der Waals surface area contributed by atoms with Gasteiger partial charge in [-0.05, 0) is 58.0 Å². The van der Waals surface area contributed by atoms with Crippen molar-refractivity contribution in [1.82, 2.24) is 10.4 Å². The van der Waals surface area contributed by atoms with Gasteiger partial charge in [0.1, 0.15) is 5.60 Å². The standard InChI is InChI=1S/C15H23N3O2S/c1-10-8-7-9-11(2)12(10)16-13(21)17-18(6)14(19)20-15(3,4)5/h7-9H,1-6H3,(H2,16,17,21).